The first-order valence-corrected chi connectivity index (χ1v) is 6.57. The van der Waals surface area contributed by atoms with Crippen LogP contribution in [0.25, 0.3) is 0 Å². The number of halogens is 1. The van der Waals surface area contributed by atoms with Gasteiger partial charge in [0.2, 0.25) is 0 Å². The van der Waals surface area contributed by atoms with Gasteiger partial charge >= 0.3 is 0 Å². The van der Waals surface area contributed by atoms with Gasteiger partial charge in [-0.2, -0.15) is 0 Å². The van der Waals surface area contributed by atoms with Crippen LogP contribution in [0.5, 0.6) is 0 Å². The number of nitrogens with zero attached hydrogens (tertiary/aromatic N) is 1. The van der Waals surface area contributed by atoms with Crippen molar-refractivity contribution in [2.45, 2.75) is 25.9 Å². The van der Waals surface area contributed by atoms with Gasteiger partial charge in [-0.15, -0.1) is 11.3 Å². The lowest BCUT2D eigenvalue weighted by Gasteiger charge is -2.37. The fourth-order valence-corrected chi connectivity index (χ4v) is 2.87. The quantitative estimate of drug-likeness (QED) is 0.838. The first-order chi connectivity index (χ1) is 7.58. The smallest absolute Gasteiger partial charge is 0.264 e. The van der Waals surface area contributed by atoms with Crippen LogP contribution in [0.1, 0.15) is 23.5 Å². The summed E-state index contributed by atoms with van der Waals surface area (Å²) in [6.07, 6.45) is 0. The Bertz CT molecular complexity index is 393. The summed E-state index contributed by atoms with van der Waals surface area (Å²) in [5, 5.41) is 3.36. The molecule has 1 aromatic rings. The second-order valence-corrected chi connectivity index (χ2v) is 5.93. The zero-order valence-electron chi connectivity index (χ0n) is 9.37. The van der Waals surface area contributed by atoms with Crippen molar-refractivity contribution in [3.8, 4) is 0 Å². The highest BCUT2D eigenvalue weighted by Crippen LogP contribution is 2.24. The molecule has 1 aliphatic heterocycles. The van der Waals surface area contributed by atoms with Crippen molar-refractivity contribution in [3.05, 3.63) is 21.3 Å². The fourth-order valence-electron chi connectivity index (χ4n) is 1.88. The molecule has 88 valence electrons. The van der Waals surface area contributed by atoms with Crippen LogP contribution in [0, 0.1) is 0 Å². The molecule has 1 amide bonds. The van der Waals surface area contributed by atoms with Gasteiger partial charge in [0, 0.05) is 25.2 Å². The SMILES string of the molecule is CC1CN(C(=O)c2ccc(Cl)s2)C(C)CN1. The van der Waals surface area contributed by atoms with Gasteiger partial charge in [-0.05, 0) is 26.0 Å². The van der Waals surface area contributed by atoms with Crippen LogP contribution in [0.3, 0.4) is 0 Å². The Hall–Kier alpha value is -0.580. The van der Waals surface area contributed by atoms with Gasteiger partial charge in [0.1, 0.15) is 0 Å². The van der Waals surface area contributed by atoms with Crippen molar-refractivity contribution in [3.63, 3.8) is 0 Å². The Morgan fingerprint density at radius 3 is 2.94 bits per heavy atom. The van der Waals surface area contributed by atoms with E-state index in [0.29, 0.717) is 10.4 Å². The Morgan fingerprint density at radius 1 is 1.56 bits per heavy atom. The molecule has 0 bridgehead atoms. The monoisotopic (exact) mass is 258 g/mol. The first kappa shape index (κ1) is 11.9. The van der Waals surface area contributed by atoms with Gasteiger partial charge in [0.15, 0.2) is 0 Å². The summed E-state index contributed by atoms with van der Waals surface area (Å²) in [5.74, 6) is 0.0951. The molecule has 0 spiro atoms. The molecular formula is C11H15ClN2OS. The molecule has 16 heavy (non-hydrogen) atoms. The molecule has 1 saturated heterocycles. The van der Waals surface area contributed by atoms with Crippen LogP contribution in [-0.4, -0.2) is 36.0 Å². The maximum absolute atomic E-state index is 12.2. The Labute approximate surface area is 104 Å². The van der Waals surface area contributed by atoms with Crippen molar-refractivity contribution >= 4 is 28.8 Å². The van der Waals surface area contributed by atoms with Crippen molar-refractivity contribution < 1.29 is 4.79 Å². The average Bonchev–Trinajstić information content (AvgIpc) is 2.67. The van der Waals surface area contributed by atoms with E-state index in [-0.39, 0.29) is 11.9 Å². The molecule has 1 aromatic heterocycles. The van der Waals surface area contributed by atoms with Gasteiger partial charge in [-0.1, -0.05) is 11.6 Å². The number of rotatable bonds is 1. The number of nitrogens with one attached hydrogen (secondary N) is 1. The summed E-state index contributed by atoms with van der Waals surface area (Å²) in [5.41, 5.74) is 0. The molecule has 1 N–H and O–H groups in total. The second kappa shape index (κ2) is 4.73. The van der Waals surface area contributed by atoms with Crippen LogP contribution >= 0.6 is 22.9 Å². The Morgan fingerprint density at radius 2 is 2.31 bits per heavy atom. The summed E-state index contributed by atoms with van der Waals surface area (Å²) < 4.78 is 0.666. The average molecular weight is 259 g/mol. The molecule has 1 aliphatic rings. The predicted molar refractivity (Wildman–Crippen MR) is 67.3 cm³/mol. The molecule has 2 unspecified atom stereocenters. The van der Waals surface area contributed by atoms with Crippen molar-refractivity contribution in [1.29, 1.82) is 0 Å². The number of carbonyl (C=O) groups excluding carboxylic acids is 1. The standard InChI is InChI=1S/C11H15ClN2OS/c1-7-6-14(8(2)5-13-7)11(15)9-3-4-10(12)16-9/h3-4,7-8,13H,5-6H2,1-2H3. The van der Waals surface area contributed by atoms with Gasteiger partial charge in [0.25, 0.3) is 5.91 Å². The summed E-state index contributed by atoms with van der Waals surface area (Å²) in [6, 6.07) is 4.17. The van der Waals surface area contributed by atoms with E-state index in [4.69, 9.17) is 11.6 Å². The number of carbonyl (C=O) groups is 1. The van der Waals surface area contributed by atoms with Crippen LogP contribution < -0.4 is 5.32 Å². The van der Waals surface area contributed by atoms with E-state index >= 15 is 0 Å². The van der Waals surface area contributed by atoms with Crippen LogP contribution in [0.2, 0.25) is 4.34 Å². The third-order valence-electron chi connectivity index (χ3n) is 2.81. The molecule has 5 heteroatoms. The zero-order chi connectivity index (χ0) is 11.7. The topological polar surface area (TPSA) is 32.3 Å². The molecule has 0 radical (unpaired) electrons. The van der Waals surface area contributed by atoms with Gasteiger partial charge in [-0.25, -0.2) is 0 Å². The van der Waals surface area contributed by atoms with E-state index < -0.39 is 0 Å². The number of amides is 1. The first-order valence-electron chi connectivity index (χ1n) is 5.37. The van der Waals surface area contributed by atoms with Crippen molar-refractivity contribution in [2.24, 2.45) is 0 Å². The highest BCUT2D eigenvalue weighted by atomic mass is 35.5. The number of hydrogen-bond donors (Lipinski definition) is 1. The van der Waals surface area contributed by atoms with Gasteiger partial charge in [0.05, 0.1) is 9.21 Å². The summed E-state index contributed by atoms with van der Waals surface area (Å²) >= 11 is 7.19. The van der Waals surface area contributed by atoms with E-state index in [1.165, 1.54) is 11.3 Å². The number of piperazine rings is 1. The normalized spacial score (nSPS) is 25.8. The minimum absolute atomic E-state index is 0.0951. The molecule has 1 fully saturated rings. The maximum Gasteiger partial charge on any atom is 0.264 e. The predicted octanol–water partition coefficient (Wildman–Crippen LogP) is 2.22. The molecule has 0 aliphatic carbocycles. The minimum atomic E-state index is 0.0951. The molecular weight excluding hydrogens is 244 g/mol. The molecule has 0 aromatic carbocycles. The largest absolute Gasteiger partial charge is 0.332 e. The van der Waals surface area contributed by atoms with Gasteiger partial charge in [-0.3, -0.25) is 4.79 Å². The number of thiophene rings is 1. The van der Waals surface area contributed by atoms with E-state index in [0.717, 1.165) is 18.0 Å². The molecule has 0 saturated carbocycles. The van der Waals surface area contributed by atoms with Crippen LogP contribution in [-0.2, 0) is 0 Å². The highest BCUT2D eigenvalue weighted by molar-refractivity contribution is 7.17. The Balaban J connectivity index is 2.14. The molecule has 3 nitrogen and oxygen atoms in total. The van der Waals surface area contributed by atoms with Crippen molar-refractivity contribution in [2.75, 3.05) is 13.1 Å². The summed E-state index contributed by atoms with van der Waals surface area (Å²) in [4.78, 5) is 14.9. The Kier molecular flexibility index (Phi) is 3.52. The molecule has 2 rings (SSSR count). The lowest BCUT2D eigenvalue weighted by atomic mass is 10.1. The highest BCUT2D eigenvalue weighted by Gasteiger charge is 2.27. The number of hydrogen-bond acceptors (Lipinski definition) is 3. The van der Waals surface area contributed by atoms with E-state index in [2.05, 4.69) is 19.2 Å². The fraction of sp³-hybridized carbons (Fsp3) is 0.545. The van der Waals surface area contributed by atoms with E-state index in [1.54, 1.807) is 12.1 Å². The lowest BCUT2D eigenvalue weighted by Crippen LogP contribution is -2.56. The summed E-state index contributed by atoms with van der Waals surface area (Å²) in [7, 11) is 0. The third-order valence-corrected chi connectivity index (χ3v) is 4.03. The third kappa shape index (κ3) is 2.39. The van der Waals surface area contributed by atoms with E-state index in [1.807, 2.05) is 4.90 Å². The van der Waals surface area contributed by atoms with E-state index in [9.17, 15) is 4.79 Å². The zero-order valence-corrected chi connectivity index (χ0v) is 10.9. The van der Waals surface area contributed by atoms with Crippen molar-refractivity contribution in [1.82, 2.24) is 10.2 Å². The van der Waals surface area contributed by atoms with Crippen LogP contribution in [0.15, 0.2) is 12.1 Å². The maximum atomic E-state index is 12.2. The molecule has 2 heterocycles. The van der Waals surface area contributed by atoms with Crippen LogP contribution in [0.4, 0.5) is 0 Å². The lowest BCUT2D eigenvalue weighted by molar-refractivity contribution is 0.0621. The van der Waals surface area contributed by atoms with Gasteiger partial charge < -0.3 is 10.2 Å². The molecule has 2 atom stereocenters. The summed E-state index contributed by atoms with van der Waals surface area (Å²) in [6.45, 7) is 5.76. The minimum Gasteiger partial charge on any atom is -0.332 e. The second-order valence-electron chi connectivity index (χ2n) is 4.22.